The van der Waals surface area contributed by atoms with Crippen molar-refractivity contribution in [3.63, 3.8) is 0 Å². The van der Waals surface area contributed by atoms with E-state index in [0.717, 1.165) is 31.2 Å². The zero-order valence-electron chi connectivity index (χ0n) is 20.3. The second kappa shape index (κ2) is 10.5. The van der Waals surface area contributed by atoms with Crippen LogP contribution in [-0.4, -0.2) is 0 Å². The summed E-state index contributed by atoms with van der Waals surface area (Å²) in [5, 5.41) is 0. The lowest BCUT2D eigenvalue weighted by molar-refractivity contribution is -0.00930. The lowest BCUT2D eigenvalue weighted by atomic mass is 9.80. The van der Waals surface area contributed by atoms with Crippen LogP contribution in [0.25, 0.3) is 11.1 Å². The summed E-state index contributed by atoms with van der Waals surface area (Å²) in [6.07, 6.45) is 4.57. The molecule has 1 aliphatic carbocycles. The van der Waals surface area contributed by atoms with Gasteiger partial charge in [-0.05, 0) is 71.6 Å². The highest BCUT2D eigenvalue weighted by atomic mass is 19.3. The Hall–Kier alpha value is -2.69. The van der Waals surface area contributed by atoms with E-state index in [2.05, 4.69) is 6.92 Å². The third-order valence-corrected chi connectivity index (χ3v) is 6.97. The van der Waals surface area contributed by atoms with Crippen LogP contribution in [-0.2, 0) is 38.0 Å². The van der Waals surface area contributed by atoms with Gasteiger partial charge in [-0.2, -0.15) is 0 Å². The minimum Gasteiger partial charge on any atom is -0.207 e. The fourth-order valence-corrected chi connectivity index (χ4v) is 5.06. The summed E-state index contributed by atoms with van der Waals surface area (Å²) >= 11 is 0. The van der Waals surface area contributed by atoms with Gasteiger partial charge in [-0.25, -0.2) is 22.0 Å². The minimum atomic E-state index is -3.53. The Bertz CT molecular complexity index is 1210. The molecule has 3 aromatic carbocycles. The van der Waals surface area contributed by atoms with Crippen molar-refractivity contribution in [2.75, 3.05) is 0 Å². The molecule has 0 saturated heterocycles. The lowest BCUT2D eigenvalue weighted by Crippen LogP contribution is -2.26. The Labute approximate surface area is 204 Å². The molecule has 0 bridgehead atoms. The Kier molecular flexibility index (Phi) is 7.63. The van der Waals surface area contributed by atoms with E-state index in [-0.39, 0.29) is 35.3 Å². The predicted molar refractivity (Wildman–Crippen MR) is 130 cm³/mol. The number of unbranched alkanes of at least 4 members (excludes halogenated alkanes) is 2. The van der Waals surface area contributed by atoms with Crippen LogP contribution in [0, 0.1) is 17.5 Å². The van der Waals surface area contributed by atoms with Gasteiger partial charge >= 0.3 is 0 Å². The SMILES string of the molecule is CCCCCc1ccc(CCc2ccc3c(c2F)C(F)(F)Cc2c-3ccc(CCC)c2F)c(F)c1. The van der Waals surface area contributed by atoms with E-state index in [0.29, 0.717) is 29.5 Å². The largest absolute Gasteiger partial charge is 0.280 e. The highest BCUT2D eigenvalue weighted by Crippen LogP contribution is 2.48. The summed E-state index contributed by atoms with van der Waals surface area (Å²) in [7, 11) is 0. The topological polar surface area (TPSA) is 0 Å². The van der Waals surface area contributed by atoms with E-state index in [9.17, 15) is 8.78 Å². The number of halogens is 5. The summed E-state index contributed by atoms with van der Waals surface area (Å²) in [5.74, 6) is -5.48. The minimum absolute atomic E-state index is 0.0297. The van der Waals surface area contributed by atoms with Gasteiger partial charge < -0.3 is 0 Å². The molecule has 0 N–H and O–H groups in total. The third kappa shape index (κ3) is 5.14. The number of aryl methyl sites for hydroxylation is 4. The van der Waals surface area contributed by atoms with Gasteiger partial charge in [0.05, 0.1) is 5.56 Å². The monoisotopic (exact) mass is 486 g/mol. The van der Waals surface area contributed by atoms with Gasteiger partial charge in [-0.3, -0.25) is 0 Å². The summed E-state index contributed by atoms with van der Waals surface area (Å²) in [6, 6.07) is 11.2. The second-order valence-corrected chi connectivity index (χ2v) is 9.54. The van der Waals surface area contributed by atoms with Gasteiger partial charge in [0.15, 0.2) is 0 Å². The summed E-state index contributed by atoms with van der Waals surface area (Å²) in [6.45, 7) is 4.01. The van der Waals surface area contributed by atoms with Crippen molar-refractivity contribution < 1.29 is 22.0 Å². The van der Waals surface area contributed by atoms with Gasteiger partial charge in [0.2, 0.25) is 0 Å². The fourth-order valence-electron chi connectivity index (χ4n) is 5.06. The van der Waals surface area contributed by atoms with Gasteiger partial charge in [-0.15, -0.1) is 0 Å². The van der Waals surface area contributed by atoms with Crippen molar-refractivity contribution in [2.24, 2.45) is 0 Å². The van der Waals surface area contributed by atoms with E-state index in [1.54, 1.807) is 18.2 Å². The molecule has 5 heteroatoms. The highest BCUT2D eigenvalue weighted by Gasteiger charge is 2.43. The average molecular weight is 487 g/mol. The maximum atomic E-state index is 15.4. The van der Waals surface area contributed by atoms with Gasteiger partial charge in [0.25, 0.3) is 5.92 Å². The molecule has 0 aromatic heterocycles. The molecule has 3 aromatic rings. The Balaban J connectivity index is 1.60. The number of hydrogen-bond acceptors (Lipinski definition) is 0. The Morgan fingerprint density at radius 2 is 1.34 bits per heavy atom. The lowest BCUT2D eigenvalue weighted by Gasteiger charge is -2.29. The number of alkyl halides is 2. The highest BCUT2D eigenvalue weighted by molar-refractivity contribution is 5.75. The zero-order chi connectivity index (χ0) is 25.2. The van der Waals surface area contributed by atoms with Crippen LogP contribution in [0.3, 0.4) is 0 Å². The standard InChI is InChI=1S/C30H31F5/c1-3-5-6-8-19-9-10-20(26(31)17-19)11-12-22-14-16-24-23-15-13-21(7-4-2)28(32)25(23)18-30(34,35)27(24)29(22)33/h9-10,13-17H,3-8,11-12,18H2,1-2H3. The molecule has 1 aliphatic rings. The third-order valence-electron chi connectivity index (χ3n) is 6.97. The van der Waals surface area contributed by atoms with E-state index in [4.69, 9.17) is 0 Å². The average Bonchev–Trinajstić information content (AvgIpc) is 2.81. The van der Waals surface area contributed by atoms with Crippen LogP contribution < -0.4 is 0 Å². The van der Waals surface area contributed by atoms with Crippen LogP contribution in [0.15, 0.2) is 42.5 Å². The quantitative estimate of drug-likeness (QED) is 0.209. The zero-order valence-corrected chi connectivity index (χ0v) is 20.3. The van der Waals surface area contributed by atoms with Crippen molar-refractivity contribution in [1.29, 1.82) is 0 Å². The van der Waals surface area contributed by atoms with E-state index in [1.165, 1.54) is 18.2 Å². The van der Waals surface area contributed by atoms with Gasteiger partial charge in [0.1, 0.15) is 17.5 Å². The molecule has 186 valence electrons. The van der Waals surface area contributed by atoms with Crippen molar-refractivity contribution in [3.05, 3.63) is 93.3 Å². The summed E-state index contributed by atoms with van der Waals surface area (Å²) in [5.41, 5.74) is 1.48. The van der Waals surface area contributed by atoms with E-state index < -0.39 is 29.5 Å². The summed E-state index contributed by atoms with van der Waals surface area (Å²) in [4.78, 5) is 0. The van der Waals surface area contributed by atoms with Crippen molar-refractivity contribution in [2.45, 2.75) is 77.6 Å². The molecule has 4 rings (SSSR count). The predicted octanol–water partition coefficient (Wildman–Crippen LogP) is 8.89. The maximum Gasteiger partial charge on any atom is 0.280 e. The molecule has 0 fully saturated rings. The number of hydrogen-bond donors (Lipinski definition) is 0. The molecule has 0 spiro atoms. The Morgan fingerprint density at radius 3 is 2.03 bits per heavy atom. The first-order valence-corrected chi connectivity index (χ1v) is 12.5. The van der Waals surface area contributed by atoms with Crippen molar-refractivity contribution in [1.82, 2.24) is 0 Å². The molecule has 0 nitrogen and oxygen atoms in total. The van der Waals surface area contributed by atoms with Crippen LogP contribution in [0.5, 0.6) is 0 Å². The molecule has 0 atom stereocenters. The smallest absolute Gasteiger partial charge is 0.207 e. The van der Waals surface area contributed by atoms with Gasteiger partial charge in [-0.1, -0.05) is 69.5 Å². The molecule has 0 amide bonds. The first-order chi connectivity index (χ1) is 16.8. The molecule has 35 heavy (non-hydrogen) atoms. The van der Waals surface area contributed by atoms with E-state index >= 15 is 13.2 Å². The molecular weight excluding hydrogens is 455 g/mol. The molecule has 0 heterocycles. The molecule has 0 saturated carbocycles. The van der Waals surface area contributed by atoms with Crippen LogP contribution in [0.1, 0.15) is 72.9 Å². The second-order valence-electron chi connectivity index (χ2n) is 9.54. The molecule has 0 radical (unpaired) electrons. The summed E-state index contributed by atoms with van der Waals surface area (Å²) < 4.78 is 75.3. The number of benzene rings is 3. The van der Waals surface area contributed by atoms with Crippen LogP contribution in [0.4, 0.5) is 22.0 Å². The number of fused-ring (bicyclic) bond motifs is 3. The van der Waals surface area contributed by atoms with Crippen molar-refractivity contribution in [3.8, 4) is 11.1 Å². The normalized spacial score (nSPS) is 14.0. The van der Waals surface area contributed by atoms with Gasteiger partial charge in [0, 0.05) is 12.0 Å². The first kappa shape index (κ1) is 25.4. The molecule has 0 unspecified atom stereocenters. The fraction of sp³-hybridized carbons (Fsp3) is 0.400. The molecular formula is C30H31F5. The van der Waals surface area contributed by atoms with Crippen LogP contribution >= 0.6 is 0 Å². The molecule has 0 aliphatic heterocycles. The number of rotatable bonds is 9. The Morgan fingerprint density at radius 1 is 0.686 bits per heavy atom. The van der Waals surface area contributed by atoms with Crippen molar-refractivity contribution >= 4 is 0 Å². The first-order valence-electron chi connectivity index (χ1n) is 12.5. The van der Waals surface area contributed by atoms with E-state index in [1.807, 2.05) is 13.0 Å². The maximum absolute atomic E-state index is 15.4. The van der Waals surface area contributed by atoms with Crippen LogP contribution in [0.2, 0.25) is 0 Å².